The Morgan fingerprint density at radius 3 is 1.04 bits per heavy atom. The molecule has 2 unspecified atom stereocenters. The zero-order chi connectivity index (χ0) is 20.7. The largest absolute Gasteiger partial charge is 0.133 e. The quantitative estimate of drug-likeness (QED) is 0.392. The summed E-state index contributed by atoms with van der Waals surface area (Å²) in [6.07, 6.45) is 1.00. The highest BCUT2D eigenvalue weighted by molar-refractivity contribution is 7.27. The van der Waals surface area contributed by atoms with E-state index in [9.17, 15) is 0 Å². The summed E-state index contributed by atoms with van der Waals surface area (Å²) in [5.41, 5.74) is 6.38. The molecular formula is C25H36P2. The SMILES string of the molecule is CC.CC.CC.PCc1ccc(-c2ccc(-c3ccc(P)cc3)cc2)cc1. The first-order chi connectivity index (χ1) is 13.3. The van der Waals surface area contributed by atoms with E-state index in [1.807, 2.05) is 41.5 Å². The minimum atomic E-state index is 1.00. The number of hydrogen-bond donors (Lipinski definition) is 0. The van der Waals surface area contributed by atoms with E-state index >= 15 is 0 Å². The van der Waals surface area contributed by atoms with Crippen molar-refractivity contribution in [3.05, 3.63) is 78.4 Å². The lowest BCUT2D eigenvalue weighted by Gasteiger charge is -2.06. The minimum absolute atomic E-state index is 1.00. The predicted molar refractivity (Wildman–Crippen MR) is 134 cm³/mol. The van der Waals surface area contributed by atoms with Crippen LogP contribution >= 0.6 is 18.5 Å². The van der Waals surface area contributed by atoms with Gasteiger partial charge < -0.3 is 0 Å². The molecule has 0 N–H and O–H groups in total. The van der Waals surface area contributed by atoms with Crippen LogP contribution in [0.4, 0.5) is 0 Å². The highest BCUT2D eigenvalue weighted by Gasteiger charge is 2.00. The summed E-state index contributed by atoms with van der Waals surface area (Å²) in [5.74, 6) is 0. The average Bonchev–Trinajstić information content (AvgIpc) is 2.79. The Bertz CT molecular complexity index is 712. The van der Waals surface area contributed by atoms with Gasteiger partial charge in [0, 0.05) is 0 Å². The first-order valence-electron chi connectivity index (χ1n) is 10.0. The summed E-state index contributed by atoms with van der Waals surface area (Å²) in [6.45, 7) is 12.0. The Labute approximate surface area is 172 Å². The van der Waals surface area contributed by atoms with Gasteiger partial charge in [0.15, 0.2) is 0 Å². The molecule has 0 saturated heterocycles. The summed E-state index contributed by atoms with van der Waals surface area (Å²) >= 11 is 0. The van der Waals surface area contributed by atoms with Crippen LogP contribution in [-0.4, -0.2) is 0 Å². The van der Waals surface area contributed by atoms with Crippen LogP contribution in [0.1, 0.15) is 47.1 Å². The third kappa shape index (κ3) is 8.38. The first-order valence-corrected chi connectivity index (χ1v) is 11.4. The first kappa shape index (κ1) is 25.5. The molecule has 3 aromatic carbocycles. The molecule has 2 atom stereocenters. The van der Waals surface area contributed by atoms with Crippen molar-refractivity contribution >= 4 is 23.8 Å². The van der Waals surface area contributed by atoms with E-state index in [4.69, 9.17) is 0 Å². The van der Waals surface area contributed by atoms with Gasteiger partial charge in [-0.1, -0.05) is 114 Å². The van der Waals surface area contributed by atoms with Gasteiger partial charge in [0.1, 0.15) is 0 Å². The Morgan fingerprint density at radius 2 is 0.741 bits per heavy atom. The average molecular weight is 399 g/mol. The summed E-state index contributed by atoms with van der Waals surface area (Å²) in [5, 5.41) is 1.21. The summed E-state index contributed by atoms with van der Waals surface area (Å²) in [7, 11) is 5.48. The van der Waals surface area contributed by atoms with Crippen molar-refractivity contribution in [2.24, 2.45) is 0 Å². The standard InChI is InChI=1S/C19H18P2.3C2H6/c20-13-14-1-3-15(4-2-14)16-5-7-17(8-6-16)18-9-11-19(21)12-10-18;3*1-2/h1-12H,13,20-21H2;3*1-2H3. The van der Waals surface area contributed by atoms with E-state index in [1.54, 1.807) is 0 Å². The molecule has 0 radical (unpaired) electrons. The van der Waals surface area contributed by atoms with Gasteiger partial charge in [-0.05, 0) is 39.3 Å². The fraction of sp³-hybridized carbons (Fsp3) is 0.280. The Kier molecular flexibility index (Phi) is 14.7. The molecule has 0 aliphatic rings. The molecule has 3 rings (SSSR count). The second-order valence-electron chi connectivity index (χ2n) is 5.10. The molecule has 0 spiro atoms. The maximum atomic E-state index is 2.76. The zero-order valence-corrected chi connectivity index (χ0v) is 20.1. The Balaban J connectivity index is 0.00000103. The van der Waals surface area contributed by atoms with Crippen molar-refractivity contribution in [2.45, 2.75) is 47.7 Å². The van der Waals surface area contributed by atoms with Crippen LogP contribution in [0.3, 0.4) is 0 Å². The lowest BCUT2D eigenvalue weighted by molar-refractivity contribution is 1.42. The van der Waals surface area contributed by atoms with Crippen molar-refractivity contribution in [3.63, 3.8) is 0 Å². The molecule has 27 heavy (non-hydrogen) atoms. The van der Waals surface area contributed by atoms with Gasteiger partial charge in [0.25, 0.3) is 0 Å². The van der Waals surface area contributed by atoms with Crippen LogP contribution in [-0.2, 0) is 6.16 Å². The van der Waals surface area contributed by atoms with Crippen LogP contribution in [0.2, 0.25) is 0 Å². The maximum Gasteiger partial charge on any atom is -0.0128 e. The fourth-order valence-electron chi connectivity index (χ4n) is 2.36. The van der Waals surface area contributed by atoms with E-state index in [0.29, 0.717) is 0 Å². The molecule has 3 aromatic rings. The topological polar surface area (TPSA) is 0 Å². The van der Waals surface area contributed by atoms with Gasteiger partial charge in [0.05, 0.1) is 0 Å². The molecule has 0 nitrogen and oxygen atoms in total. The third-order valence-electron chi connectivity index (χ3n) is 3.65. The summed E-state index contributed by atoms with van der Waals surface area (Å²) < 4.78 is 0. The predicted octanol–water partition coefficient (Wildman–Crippen LogP) is 7.97. The van der Waals surface area contributed by atoms with Gasteiger partial charge >= 0.3 is 0 Å². The summed E-state index contributed by atoms with van der Waals surface area (Å²) in [4.78, 5) is 0. The molecule has 146 valence electrons. The molecule has 0 aliphatic carbocycles. The van der Waals surface area contributed by atoms with E-state index in [0.717, 1.165) is 6.16 Å². The molecule has 0 heterocycles. The Morgan fingerprint density at radius 1 is 0.481 bits per heavy atom. The zero-order valence-electron chi connectivity index (χ0n) is 17.8. The molecular weight excluding hydrogens is 362 g/mol. The highest BCUT2D eigenvalue weighted by atomic mass is 31.0. The summed E-state index contributed by atoms with van der Waals surface area (Å²) in [6, 6.07) is 26.1. The van der Waals surface area contributed by atoms with Crippen LogP contribution in [0.25, 0.3) is 22.3 Å². The number of hydrogen-bond acceptors (Lipinski definition) is 0. The molecule has 0 saturated carbocycles. The molecule has 0 bridgehead atoms. The molecule has 2 heteroatoms. The van der Waals surface area contributed by atoms with Crippen molar-refractivity contribution in [2.75, 3.05) is 0 Å². The Hall–Kier alpha value is -1.48. The van der Waals surface area contributed by atoms with Crippen LogP contribution in [0.15, 0.2) is 72.8 Å². The van der Waals surface area contributed by atoms with Crippen LogP contribution in [0, 0.1) is 0 Å². The molecule has 0 amide bonds. The van der Waals surface area contributed by atoms with Crippen molar-refractivity contribution < 1.29 is 0 Å². The van der Waals surface area contributed by atoms with Gasteiger partial charge in [0.2, 0.25) is 0 Å². The van der Waals surface area contributed by atoms with E-state index in [2.05, 4.69) is 91.3 Å². The van der Waals surface area contributed by atoms with E-state index in [-0.39, 0.29) is 0 Å². The lowest BCUT2D eigenvalue weighted by atomic mass is 10.00. The highest BCUT2D eigenvalue weighted by Crippen LogP contribution is 2.25. The molecule has 0 aromatic heterocycles. The minimum Gasteiger partial charge on any atom is -0.133 e. The van der Waals surface area contributed by atoms with Crippen LogP contribution in [0.5, 0.6) is 0 Å². The molecule has 0 fully saturated rings. The van der Waals surface area contributed by atoms with Crippen molar-refractivity contribution in [1.82, 2.24) is 0 Å². The molecule has 0 aliphatic heterocycles. The third-order valence-corrected chi connectivity index (χ3v) is 4.51. The van der Waals surface area contributed by atoms with Gasteiger partial charge in [-0.15, -0.1) is 18.5 Å². The second-order valence-corrected chi connectivity index (χ2v) is 6.18. The number of benzene rings is 3. The normalized spacial score (nSPS) is 8.89. The number of rotatable bonds is 3. The fourth-order valence-corrected chi connectivity index (χ4v) is 2.83. The maximum absolute atomic E-state index is 2.76. The van der Waals surface area contributed by atoms with Crippen molar-refractivity contribution in [1.29, 1.82) is 0 Å². The van der Waals surface area contributed by atoms with Gasteiger partial charge in [-0.3, -0.25) is 0 Å². The lowest BCUT2D eigenvalue weighted by Crippen LogP contribution is -1.88. The van der Waals surface area contributed by atoms with Crippen LogP contribution < -0.4 is 5.30 Å². The van der Waals surface area contributed by atoms with E-state index in [1.165, 1.54) is 33.1 Å². The smallest absolute Gasteiger partial charge is 0.0128 e. The van der Waals surface area contributed by atoms with E-state index < -0.39 is 0 Å². The second kappa shape index (κ2) is 15.6. The van der Waals surface area contributed by atoms with Gasteiger partial charge in [-0.25, -0.2) is 0 Å². The monoisotopic (exact) mass is 398 g/mol. The van der Waals surface area contributed by atoms with Gasteiger partial charge in [-0.2, -0.15) is 0 Å². The van der Waals surface area contributed by atoms with Crippen molar-refractivity contribution in [3.8, 4) is 22.3 Å².